The Labute approximate surface area is 162 Å². The van der Waals surface area contributed by atoms with Gasteiger partial charge in [0.25, 0.3) is 0 Å². The third-order valence-electron chi connectivity index (χ3n) is 3.59. The minimum atomic E-state index is -0.495. The molecule has 0 atom stereocenters. The molecule has 27 heavy (non-hydrogen) atoms. The average Bonchev–Trinajstić information content (AvgIpc) is 2.58. The molecule has 1 amide bonds. The molecule has 0 N–H and O–H groups in total. The summed E-state index contributed by atoms with van der Waals surface area (Å²) in [5.74, 6) is 0.850. The molecule has 152 valence electrons. The molecule has 0 saturated carbocycles. The minimum absolute atomic E-state index is 0.277. The van der Waals surface area contributed by atoms with Crippen LogP contribution in [-0.4, -0.2) is 67.8 Å². The van der Waals surface area contributed by atoms with Crippen molar-refractivity contribution in [1.82, 2.24) is 9.80 Å². The van der Waals surface area contributed by atoms with Crippen LogP contribution in [0.15, 0.2) is 24.3 Å². The van der Waals surface area contributed by atoms with Crippen LogP contribution in [0.4, 0.5) is 4.79 Å². The number of rotatable bonds is 9. The Hall–Kier alpha value is -2.28. The second-order valence-electron chi connectivity index (χ2n) is 7.36. The fourth-order valence-electron chi connectivity index (χ4n) is 2.01. The summed E-state index contributed by atoms with van der Waals surface area (Å²) in [4.78, 5) is 26.9. The summed E-state index contributed by atoms with van der Waals surface area (Å²) >= 11 is 0. The number of ether oxygens (including phenoxy) is 3. The zero-order valence-electron chi connectivity index (χ0n) is 17.3. The van der Waals surface area contributed by atoms with Gasteiger partial charge >= 0.3 is 12.1 Å². The molecule has 0 aromatic heterocycles. The molecule has 0 aliphatic heterocycles. The van der Waals surface area contributed by atoms with Crippen LogP contribution in [0.2, 0.25) is 0 Å². The molecule has 0 fully saturated rings. The summed E-state index contributed by atoms with van der Waals surface area (Å²) in [6, 6.07) is 7.02. The Morgan fingerprint density at radius 1 is 1.04 bits per heavy atom. The second kappa shape index (κ2) is 10.8. The zero-order chi connectivity index (χ0) is 20.4. The molecule has 0 aliphatic rings. The highest BCUT2D eigenvalue weighted by atomic mass is 16.6. The molecule has 0 unspecified atom stereocenters. The van der Waals surface area contributed by atoms with Gasteiger partial charge < -0.3 is 24.0 Å². The standard InChI is InChI=1S/C20H32N2O5/c1-7-18(23)26-17-10-8-9-16(15-17)25-14-13-21(5)11-12-22(6)19(24)27-20(2,3)4/h8-10,15H,7,11-14H2,1-6H3. The van der Waals surface area contributed by atoms with E-state index in [-0.39, 0.29) is 12.1 Å². The van der Waals surface area contributed by atoms with Gasteiger partial charge in [-0.05, 0) is 40.0 Å². The topological polar surface area (TPSA) is 68.3 Å². The predicted molar refractivity (Wildman–Crippen MR) is 104 cm³/mol. The first-order valence-electron chi connectivity index (χ1n) is 9.17. The van der Waals surface area contributed by atoms with Crippen molar-refractivity contribution in [2.24, 2.45) is 0 Å². The van der Waals surface area contributed by atoms with E-state index in [1.54, 1.807) is 37.1 Å². The molecule has 1 rings (SSSR count). The quantitative estimate of drug-likeness (QED) is 0.484. The monoisotopic (exact) mass is 380 g/mol. The summed E-state index contributed by atoms with van der Waals surface area (Å²) < 4.78 is 16.2. The summed E-state index contributed by atoms with van der Waals surface area (Å²) in [5.41, 5.74) is -0.495. The minimum Gasteiger partial charge on any atom is -0.492 e. The first kappa shape index (κ1) is 22.8. The highest BCUT2D eigenvalue weighted by Crippen LogP contribution is 2.19. The van der Waals surface area contributed by atoms with Gasteiger partial charge in [-0.1, -0.05) is 13.0 Å². The van der Waals surface area contributed by atoms with Gasteiger partial charge in [0.1, 0.15) is 23.7 Å². The number of amides is 1. The number of likely N-dealkylation sites (N-methyl/N-ethyl adjacent to an activating group) is 2. The fraction of sp³-hybridized carbons (Fsp3) is 0.600. The Morgan fingerprint density at radius 2 is 1.70 bits per heavy atom. The number of carbonyl (C=O) groups is 2. The van der Waals surface area contributed by atoms with Gasteiger partial charge in [-0.3, -0.25) is 4.79 Å². The fourth-order valence-corrected chi connectivity index (χ4v) is 2.01. The van der Waals surface area contributed by atoms with E-state index in [4.69, 9.17) is 14.2 Å². The van der Waals surface area contributed by atoms with Crippen LogP contribution in [0.5, 0.6) is 11.5 Å². The second-order valence-corrected chi connectivity index (χ2v) is 7.36. The Morgan fingerprint density at radius 3 is 2.33 bits per heavy atom. The number of nitrogens with zero attached hydrogens (tertiary/aromatic N) is 2. The van der Waals surface area contributed by atoms with Crippen molar-refractivity contribution in [2.75, 3.05) is 40.3 Å². The lowest BCUT2D eigenvalue weighted by Gasteiger charge is -2.26. The van der Waals surface area contributed by atoms with Crippen LogP contribution < -0.4 is 9.47 Å². The van der Waals surface area contributed by atoms with Crippen molar-refractivity contribution in [3.63, 3.8) is 0 Å². The van der Waals surface area contributed by atoms with Crippen LogP contribution in [0, 0.1) is 0 Å². The van der Waals surface area contributed by atoms with Gasteiger partial charge in [0.2, 0.25) is 0 Å². The van der Waals surface area contributed by atoms with Crippen molar-refractivity contribution in [3.8, 4) is 11.5 Å². The SMILES string of the molecule is CCC(=O)Oc1cccc(OCCN(C)CCN(C)C(=O)OC(C)(C)C)c1. The van der Waals surface area contributed by atoms with E-state index >= 15 is 0 Å². The van der Waals surface area contributed by atoms with Gasteiger partial charge in [-0.15, -0.1) is 0 Å². The third kappa shape index (κ3) is 9.84. The van der Waals surface area contributed by atoms with Gasteiger partial charge in [0.05, 0.1) is 0 Å². The van der Waals surface area contributed by atoms with Crippen LogP contribution >= 0.6 is 0 Å². The van der Waals surface area contributed by atoms with E-state index in [0.29, 0.717) is 44.2 Å². The average molecular weight is 380 g/mol. The van der Waals surface area contributed by atoms with Crippen molar-refractivity contribution in [3.05, 3.63) is 24.3 Å². The van der Waals surface area contributed by atoms with Crippen molar-refractivity contribution in [1.29, 1.82) is 0 Å². The molecule has 0 bridgehead atoms. The van der Waals surface area contributed by atoms with Crippen molar-refractivity contribution >= 4 is 12.1 Å². The first-order chi connectivity index (χ1) is 12.6. The molecule has 1 aromatic rings. The Balaban J connectivity index is 2.33. The van der Waals surface area contributed by atoms with Gasteiger partial charge in [-0.2, -0.15) is 0 Å². The number of carbonyl (C=O) groups excluding carboxylic acids is 2. The van der Waals surface area contributed by atoms with Crippen LogP contribution in [0.25, 0.3) is 0 Å². The van der Waals surface area contributed by atoms with Crippen molar-refractivity contribution < 1.29 is 23.8 Å². The lowest BCUT2D eigenvalue weighted by atomic mass is 10.2. The number of hydrogen-bond donors (Lipinski definition) is 0. The van der Waals surface area contributed by atoms with E-state index in [1.165, 1.54) is 0 Å². The molecule has 7 nitrogen and oxygen atoms in total. The lowest BCUT2D eigenvalue weighted by molar-refractivity contribution is -0.134. The number of esters is 1. The highest BCUT2D eigenvalue weighted by molar-refractivity contribution is 5.72. The van der Waals surface area contributed by atoms with Gasteiger partial charge in [-0.25, -0.2) is 4.79 Å². The summed E-state index contributed by atoms with van der Waals surface area (Å²) in [7, 11) is 3.69. The normalized spacial score (nSPS) is 11.2. The van der Waals surface area contributed by atoms with Gasteiger partial charge in [0, 0.05) is 39.2 Å². The van der Waals surface area contributed by atoms with Crippen LogP contribution in [0.1, 0.15) is 34.1 Å². The maximum Gasteiger partial charge on any atom is 0.410 e. The van der Waals surface area contributed by atoms with E-state index < -0.39 is 5.60 Å². The Kier molecular flexibility index (Phi) is 9.08. The molecule has 0 radical (unpaired) electrons. The largest absolute Gasteiger partial charge is 0.492 e. The molecular weight excluding hydrogens is 348 g/mol. The summed E-state index contributed by atoms with van der Waals surface area (Å²) in [6.07, 6.45) is -0.00115. The zero-order valence-corrected chi connectivity index (χ0v) is 17.3. The van der Waals surface area contributed by atoms with E-state index in [9.17, 15) is 9.59 Å². The smallest absolute Gasteiger partial charge is 0.410 e. The van der Waals surface area contributed by atoms with Crippen LogP contribution in [0.3, 0.4) is 0 Å². The van der Waals surface area contributed by atoms with E-state index in [2.05, 4.69) is 4.90 Å². The predicted octanol–water partition coefficient (Wildman–Crippen LogP) is 3.18. The maximum absolute atomic E-state index is 11.9. The highest BCUT2D eigenvalue weighted by Gasteiger charge is 2.19. The van der Waals surface area contributed by atoms with Crippen molar-refractivity contribution in [2.45, 2.75) is 39.7 Å². The first-order valence-corrected chi connectivity index (χ1v) is 9.17. The van der Waals surface area contributed by atoms with E-state index in [1.807, 2.05) is 33.9 Å². The molecule has 0 saturated heterocycles. The van der Waals surface area contributed by atoms with Crippen LogP contribution in [-0.2, 0) is 9.53 Å². The molecule has 1 aromatic carbocycles. The molecule has 7 heteroatoms. The van der Waals surface area contributed by atoms with E-state index in [0.717, 1.165) is 0 Å². The summed E-state index contributed by atoms with van der Waals surface area (Å²) in [6.45, 7) is 9.74. The molecule has 0 heterocycles. The number of hydrogen-bond acceptors (Lipinski definition) is 6. The molecular formula is C20H32N2O5. The van der Waals surface area contributed by atoms with Gasteiger partial charge in [0.15, 0.2) is 0 Å². The third-order valence-corrected chi connectivity index (χ3v) is 3.59. The Bertz CT molecular complexity index is 613. The number of benzene rings is 1. The maximum atomic E-state index is 11.9. The molecule has 0 aliphatic carbocycles. The summed E-state index contributed by atoms with van der Waals surface area (Å²) in [5, 5.41) is 0. The molecule has 0 spiro atoms. The lowest BCUT2D eigenvalue weighted by Crippen LogP contribution is -2.39.